The number of nitrogens with two attached hydrogens (primary N) is 1. The Morgan fingerprint density at radius 1 is 1.05 bits per heavy atom. The van der Waals surface area contributed by atoms with Crippen LogP contribution in [-0.4, -0.2) is 35.3 Å². The summed E-state index contributed by atoms with van der Waals surface area (Å²) in [6.45, 7) is 3.34. The summed E-state index contributed by atoms with van der Waals surface area (Å²) in [6.07, 6.45) is 6.30. The van der Waals surface area contributed by atoms with Crippen LogP contribution in [0.25, 0.3) is 22.2 Å². The number of fused-ring (bicyclic) bond motifs is 1. The molecule has 5 rings (SSSR count). The third kappa shape index (κ3) is 5.38. The predicted molar refractivity (Wildman–Crippen MR) is 149 cm³/mol. The minimum atomic E-state index is -0.403. The molecule has 198 valence electrons. The van der Waals surface area contributed by atoms with E-state index < -0.39 is 5.97 Å². The van der Waals surface area contributed by atoms with Gasteiger partial charge in [-0.3, -0.25) is 4.57 Å². The summed E-state index contributed by atoms with van der Waals surface area (Å²) in [7, 11) is 1.38. The Morgan fingerprint density at radius 2 is 1.84 bits per heavy atom. The number of esters is 1. The lowest BCUT2D eigenvalue weighted by Gasteiger charge is -2.23. The van der Waals surface area contributed by atoms with Gasteiger partial charge in [-0.2, -0.15) is 4.98 Å². The summed E-state index contributed by atoms with van der Waals surface area (Å²) in [5.41, 5.74) is 12.2. The molecule has 0 saturated heterocycles. The van der Waals surface area contributed by atoms with Crippen molar-refractivity contribution in [2.75, 3.05) is 13.7 Å². The molecule has 4 aromatic rings. The molecular weight excluding hydrogens is 478 g/mol. The van der Waals surface area contributed by atoms with E-state index in [1.54, 1.807) is 12.1 Å². The second kappa shape index (κ2) is 11.7. The van der Waals surface area contributed by atoms with Gasteiger partial charge in [-0.1, -0.05) is 42.8 Å². The van der Waals surface area contributed by atoms with Crippen molar-refractivity contribution < 1.29 is 19.0 Å². The number of hydrogen-bond acceptors (Lipinski definition) is 6. The highest BCUT2D eigenvalue weighted by molar-refractivity contribution is 6.02. The van der Waals surface area contributed by atoms with E-state index in [4.69, 9.17) is 19.9 Å². The van der Waals surface area contributed by atoms with E-state index in [-0.39, 0.29) is 0 Å². The number of nitrogens with zero attached hydrogens (tertiary/aromatic N) is 2. The Labute approximate surface area is 223 Å². The van der Waals surface area contributed by atoms with E-state index >= 15 is 0 Å². The number of aromatic nitrogens is 2. The number of carbonyl (C=O) groups is 1. The first-order chi connectivity index (χ1) is 18.6. The molecule has 0 unspecified atom stereocenters. The van der Waals surface area contributed by atoms with Crippen LogP contribution >= 0.6 is 0 Å². The van der Waals surface area contributed by atoms with Crippen molar-refractivity contribution in [2.45, 2.75) is 58.2 Å². The van der Waals surface area contributed by atoms with E-state index in [1.807, 2.05) is 23.6 Å². The Hall–Kier alpha value is -3.84. The molecule has 1 aromatic heterocycles. The fourth-order valence-corrected chi connectivity index (χ4v) is 5.25. The molecule has 0 aliphatic heterocycles. The van der Waals surface area contributed by atoms with Crippen LogP contribution in [0.1, 0.15) is 60.5 Å². The molecule has 38 heavy (non-hydrogen) atoms. The summed E-state index contributed by atoms with van der Waals surface area (Å²) in [6, 6.07) is 20.5. The number of imidazole rings is 1. The average Bonchev–Trinajstić information content (AvgIpc) is 3.30. The highest BCUT2D eigenvalue weighted by Gasteiger charge is 2.20. The molecule has 1 aliphatic rings. The maximum atomic E-state index is 12.5. The van der Waals surface area contributed by atoms with Crippen LogP contribution in [0.2, 0.25) is 0 Å². The zero-order valence-corrected chi connectivity index (χ0v) is 22.1. The highest BCUT2D eigenvalue weighted by atomic mass is 16.5. The average molecular weight is 514 g/mol. The number of ether oxygens (including phenoxy) is 3. The lowest BCUT2D eigenvalue weighted by molar-refractivity contribution is 0.0602. The summed E-state index contributed by atoms with van der Waals surface area (Å²) in [5, 5.41) is 0. The van der Waals surface area contributed by atoms with Gasteiger partial charge in [0.1, 0.15) is 5.75 Å². The van der Waals surface area contributed by atoms with Crippen LogP contribution in [0.15, 0.2) is 60.7 Å². The smallest absolute Gasteiger partial charge is 0.340 e. The number of methoxy groups -OCH3 is 1. The van der Waals surface area contributed by atoms with Gasteiger partial charge in [0.25, 0.3) is 6.01 Å². The maximum absolute atomic E-state index is 12.5. The molecule has 0 spiro atoms. The number of benzene rings is 3. The van der Waals surface area contributed by atoms with E-state index in [9.17, 15) is 4.79 Å². The highest BCUT2D eigenvalue weighted by Crippen LogP contribution is 2.32. The van der Waals surface area contributed by atoms with Crippen LogP contribution in [0, 0.1) is 0 Å². The van der Waals surface area contributed by atoms with Crippen LogP contribution in [-0.2, 0) is 17.8 Å². The molecule has 0 radical (unpaired) electrons. The van der Waals surface area contributed by atoms with Crippen molar-refractivity contribution in [1.29, 1.82) is 0 Å². The Balaban J connectivity index is 1.45. The van der Waals surface area contributed by atoms with Crippen molar-refractivity contribution in [3.8, 4) is 22.9 Å². The van der Waals surface area contributed by atoms with E-state index in [2.05, 4.69) is 41.4 Å². The van der Waals surface area contributed by atoms with E-state index in [0.717, 1.165) is 40.8 Å². The number of hydrogen-bond donors (Lipinski definition) is 1. The zero-order valence-electron chi connectivity index (χ0n) is 22.1. The molecule has 2 N–H and O–H groups in total. The minimum absolute atomic E-state index is 0.294. The SMILES string of the molecule is CCOc1nc2cccc(C(=O)OC)c2n1Cc1ccc(-c2cc(OC3CCCCC3)ccc2CN)cc1. The van der Waals surface area contributed by atoms with Gasteiger partial charge >= 0.3 is 5.97 Å². The fraction of sp³-hybridized carbons (Fsp3) is 0.355. The van der Waals surface area contributed by atoms with Gasteiger partial charge in [-0.25, -0.2) is 4.79 Å². The topological polar surface area (TPSA) is 88.6 Å². The number of rotatable bonds is 9. The molecule has 0 bridgehead atoms. The normalized spacial score (nSPS) is 14.0. The van der Waals surface area contributed by atoms with E-state index in [1.165, 1.54) is 26.4 Å². The summed E-state index contributed by atoms with van der Waals surface area (Å²) in [5.74, 6) is 0.495. The van der Waals surface area contributed by atoms with Crippen molar-refractivity contribution >= 4 is 17.0 Å². The predicted octanol–water partition coefficient (Wildman–Crippen LogP) is 6.11. The molecule has 1 heterocycles. The van der Waals surface area contributed by atoms with Crippen molar-refractivity contribution in [1.82, 2.24) is 9.55 Å². The lowest BCUT2D eigenvalue weighted by atomic mass is 9.97. The zero-order chi connectivity index (χ0) is 26.5. The third-order valence-electron chi connectivity index (χ3n) is 7.17. The van der Waals surface area contributed by atoms with Crippen LogP contribution in [0.5, 0.6) is 11.8 Å². The third-order valence-corrected chi connectivity index (χ3v) is 7.17. The van der Waals surface area contributed by atoms with Gasteiger partial charge in [0.2, 0.25) is 0 Å². The van der Waals surface area contributed by atoms with Crippen LogP contribution < -0.4 is 15.2 Å². The molecule has 0 atom stereocenters. The Bertz CT molecular complexity index is 1400. The largest absolute Gasteiger partial charge is 0.490 e. The monoisotopic (exact) mass is 513 g/mol. The molecule has 7 nitrogen and oxygen atoms in total. The second-order valence-electron chi connectivity index (χ2n) is 9.68. The van der Waals surface area contributed by atoms with Crippen molar-refractivity contribution in [2.24, 2.45) is 5.73 Å². The number of carbonyl (C=O) groups excluding carboxylic acids is 1. The van der Waals surface area contributed by atoms with Gasteiger partial charge in [-0.15, -0.1) is 0 Å². The van der Waals surface area contributed by atoms with Crippen molar-refractivity contribution in [3.05, 3.63) is 77.4 Å². The molecule has 3 aromatic carbocycles. The second-order valence-corrected chi connectivity index (χ2v) is 9.68. The summed E-state index contributed by atoms with van der Waals surface area (Å²) >= 11 is 0. The molecule has 1 aliphatic carbocycles. The quantitative estimate of drug-likeness (QED) is 0.272. The maximum Gasteiger partial charge on any atom is 0.340 e. The first-order valence-corrected chi connectivity index (χ1v) is 13.4. The van der Waals surface area contributed by atoms with E-state index in [0.29, 0.717) is 48.4 Å². The first kappa shape index (κ1) is 25.8. The number of para-hydroxylation sites is 1. The molecule has 1 fully saturated rings. The first-order valence-electron chi connectivity index (χ1n) is 13.4. The molecule has 7 heteroatoms. The van der Waals surface area contributed by atoms with Gasteiger partial charge < -0.3 is 19.9 Å². The Morgan fingerprint density at radius 3 is 2.55 bits per heavy atom. The Kier molecular flexibility index (Phi) is 7.94. The van der Waals surface area contributed by atoms with Gasteiger partial charge in [-0.05, 0) is 79.1 Å². The standard InChI is InChI=1S/C31H35N3O4/c1-3-37-31-33-28-11-7-10-26(30(35)36-2)29(28)34(31)20-21-12-14-22(15-13-21)27-18-25(17-16-23(27)19-32)38-24-8-5-4-6-9-24/h7,10-18,24H,3-6,8-9,19-20,32H2,1-2H3. The molecule has 1 saturated carbocycles. The minimum Gasteiger partial charge on any atom is -0.490 e. The van der Waals surface area contributed by atoms with Gasteiger partial charge in [0.05, 0.1) is 43.0 Å². The van der Waals surface area contributed by atoms with Gasteiger partial charge in [0.15, 0.2) is 0 Å². The molecular formula is C31H35N3O4. The van der Waals surface area contributed by atoms with Crippen LogP contribution in [0.4, 0.5) is 0 Å². The summed E-state index contributed by atoms with van der Waals surface area (Å²) in [4.78, 5) is 17.1. The van der Waals surface area contributed by atoms with Crippen LogP contribution in [0.3, 0.4) is 0 Å². The van der Waals surface area contributed by atoms with Crippen molar-refractivity contribution in [3.63, 3.8) is 0 Å². The molecule has 0 amide bonds. The lowest BCUT2D eigenvalue weighted by Crippen LogP contribution is -2.19. The fourth-order valence-electron chi connectivity index (χ4n) is 5.25. The summed E-state index contributed by atoms with van der Waals surface area (Å²) < 4.78 is 19.1. The van der Waals surface area contributed by atoms with Gasteiger partial charge in [0, 0.05) is 6.54 Å².